The first-order valence-corrected chi connectivity index (χ1v) is 9.10. The van der Waals surface area contributed by atoms with Crippen molar-refractivity contribution in [2.75, 3.05) is 13.2 Å². The number of rotatable bonds is 7. The average Bonchev–Trinajstić information content (AvgIpc) is 2.91. The summed E-state index contributed by atoms with van der Waals surface area (Å²) in [5.41, 5.74) is -0.418. The average molecular weight is 410 g/mol. The Morgan fingerprint density at radius 1 is 1.36 bits per heavy atom. The number of nitro benzene ring substituents is 1. The molecule has 1 saturated heterocycles. The van der Waals surface area contributed by atoms with E-state index >= 15 is 0 Å². The van der Waals surface area contributed by atoms with E-state index in [0.29, 0.717) is 11.8 Å². The van der Waals surface area contributed by atoms with Crippen LogP contribution in [-0.2, 0) is 14.3 Å². The van der Waals surface area contributed by atoms with Gasteiger partial charge in [0, 0.05) is 11.6 Å². The van der Waals surface area contributed by atoms with E-state index in [1.165, 1.54) is 6.92 Å². The highest BCUT2D eigenvalue weighted by atomic mass is 32.2. The molecule has 1 aliphatic rings. The highest BCUT2D eigenvalue weighted by Crippen LogP contribution is 2.39. The number of phenols is 1. The molecular weight excluding hydrogens is 392 g/mol. The smallest absolute Gasteiger partial charge is 0.329 e. The van der Waals surface area contributed by atoms with Gasteiger partial charge in [0.2, 0.25) is 0 Å². The zero-order valence-electron chi connectivity index (χ0n) is 15.3. The minimum absolute atomic E-state index is 0.0630. The number of nitro groups is 1. The molecule has 2 amide bonds. The van der Waals surface area contributed by atoms with Gasteiger partial charge in [-0.3, -0.25) is 24.6 Å². The van der Waals surface area contributed by atoms with Crippen LogP contribution in [-0.4, -0.2) is 51.3 Å². The normalized spacial score (nSPS) is 16.4. The number of carbonyl (C=O) groups is 3. The number of amides is 2. The van der Waals surface area contributed by atoms with Crippen LogP contribution >= 0.6 is 11.8 Å². The van der Waals surface area contributed by atoms with Gasteiger partial charge in [0.15, 0.2) is 11.5 Å². The standard InChI is InChI=1S/C17H18N2O8S/c1-4-26-12-8-11(19(24)25)6-10(14(12)20)7-13-15(21)18(17(23)28-13)9(3)16(22)27-5-2/h6-9,20H,4-5H2,1-3H3/b13-7+/t9-/m0/s1. The van der Waals surface area contributed by atoms with Crippen LogP contribution in [0.2, 0.25) is 0 Å². The number of aromatic hydroxyl groups is 1. The van der Waals surface area contributed by atoms with E-state index in [9.17, 15) is 29.6 Å². The van der Waals surface area contributed by atoms with Gasteiger partial charge in [-0.1, -0.05) is 0 Å². The summed E-state index contributed by atoms with van der Waals surface area (Å²) in [6, 6.07) is 0.988. The highest BCUT2D eigenvalue weighted by Gasteiger charge is 2.41. The minimum Gasteiger partial charge on any atom is -0.504 e. The summed E-state index contributed by atoms with van der Waals surface area (Å²) in [6.07, 6.45) is 1.15. The summed E-state index contributed by atoms with van der Waals surface area (Å²) in [5, 5.41) is 20.7. The van der Waals surface area contributed by atoms with Crippen LogP contribution < -0.4 is 4.74 Å². The number of phenolic OH excluding ortho intramolecular Hbond substituents is 1. The van der Waals surface area contributed by atoms with Gasteiger partial charge in [0.1, 0.15) is 6.04 Å². The first-order chi connectivity index (χ1) is 13.2. The molecule has 1 N–H and O–H groups in total. The van der Waals surface area contributed by atoms with Crippen molar-refractivity contribution in [1.82, 2.24) is 4.90 Å². The fourth-order valence-corrected chi connectivity index (χ4v) is 3.32. The second-order valence-corrected chi connectivity index (χ2v) is 6.54. The number of imide groups is 1. The van der Waals surface area contributed by atoms with Crippen LogP contribution in [0.1, 0.15) is 26.3 Å². The van der Waals surface area contributed by atoms with Crippen LogP contribution in [0.25, 0.3) is 6.08 Å². The van der Waals surface area contributed by atoms with E-state index in [1.54, 1.807) is 13.8 Å². The van der Waals surface area contributed by atoms with Crippen LogP contribution in [0.5, 0.6) is 11.5 Å². The van der Waals surface area contributed by atoms with Crippen molar-refractivity contribution in [3.05, 3.63) is 32.7 Å². The first kappa shape index (κ1) is 21.2. The minimum atomic E-state index is -1.13. The molecular formula is C17H18N2O8S. The van der Waals surface area contributed by atoms with Gasteiger partial charge >= 0.3 is 5.97 Å². The Kier molecular flexibility index (Phi) is 6.62. The van der Waals surface area contributed by atoms with Crippen molar-refractivity contribution in [2.24, 2.45) is 0 Å². The van der Waals surface area contributed by atoms with Crippen molar-refractivity contribution in [3.8, 4) is 11.5 Å². The molecule has 0 radical (unpaired) electrons. The summed E-state index contributed by atoms with van der Waals surface area (Å²) >= 11 is 0.552. The summed E-state index contributed by atoms with van der Waals surface area (Å²) < 4.78 is 10.0. The SMILES string of the molecule is CCOC(=O)[C@H](C)N1C(=O)S/C(=C/c2cc([N+](=O)[O-])cc(OCC)c2O)C1=O. The van der Waals surface area contributed by atoms with Crippen molar-refractivity contribution >= 4 is 40.6 Å². The lowest BCUT2D eigenvalue weighted by Crippen LogP contribution is -2.42. The molecule has 10 nitrogen and oxygen atoms in total. The number of benzene rings is 1. The van der Waals surface area contributed by atoms with E-state index in [2.05, 4.69) is 0 Å². The van der Waals surface area contributed by atoms with E-state index in [1.807, 2.05) is 0 Å². The Hall–Kier alpha value is -3.08. The number of esters is 1. The Labute approximate surface area is 164 Å². The zero-order chi connectivity index (χ0) is 21.0. The van der Waals surface area contributed by atoms with Crippen LogP contribution in [0, 0.1) is 10.1 Å². The van der Waals surface area contributed by atoms with Crippen molar-refractivity contribution < 1.29 is 33.9 Å². The number of hydrogen-bond acceptors (Lipinski definition) is 9. The second kappa shape index (κ2) is 8.74. The van der Waals surface area contributed by atoms with Crippen LogP contribution in [0.15, 0.2) is 17.0 Å². The Balaban J connectivity index is 2.43. The molecule has 0 saturated carbocycles. The molecule has 1 aliphatic heterocycles. The molecule has 0 spiro atoms. The fraction of sp³-hybridized carbons (Fsp3) is 0.353. The Morgan fingerprint density at radius 3 is 2.61 bits per heavy atom. The highest BCUT2D eigenvalue weighted by molar-refractivity contribution is 8.18. The predicted molar refractivity (Wildman–Crippen MR) is 99.8 cm³/mol. The van der Waals surface area contributed by atoms with E-state index in [-0.39, 0.29) is 35.1 Å². The molecule has 0 aromatic heterocycles. The van der Waals surface area contributed by atoms with Gasteiger partial charge in [-0.2, -0.15) is 0 Å². The summed E-state index contributed by atoms with van der Waals surface area (Å²) in [4.78, 5) is 47.7. The topological polar surface area (TPSA) is 136 Å². The quantitative estimate of drug-likeness (QED) is 0.311. The number of non-ortho nitro benzene ring substituents is 1. The number of ether oxygens (including phenoxy) is 2. The molecule has 1 atom stereocenters. The molecule has 0 unspecified atom stereocenters. The van der Waals surface area contributed by atoms with Gasteiger partial charge in [-0.15, -0.1) is 0 Å². The van der Waals surface area contributed by atoms with E-state index < -0.39 is 33.8 Å². The number of thioether (sulfide) groups is 1. The van der Waals surface area contributed by atoms with Crippen LogP contribution in [0.4, 0.5) is 10.5 Å². The third-order valence-corrected chi connectivity index (χ3v) is 4.61. The lowest BCUT2D eigenvalue weighted by molar-refractivity contribution is -0.385. The first-order valence-electron chi connectivity index (χ1n) is 8.29. The molecule has 0 aliphatic carbocycles. The predicted octanol–water partition coefficient (Wildman–Crippen LogP) is 2.69. The lowest BCUT2D eigenvalue weighted by atomic mass is 10.1. The third-order valence-electron chi connectivity index (χ3n) is 3.73. The molecule has 150 valence electrons. The maximum Gasteiger partial charge on any atom is 0.329 e. The largest absolute Gasteiger partial charge is 0.504 e. The molecule has 1 aromatic rings. The van der Waals surface area contributed by atoms with Gasteiger partial charge in [-0.25, -0.2) is 4.79 Å². The van der Waals surface area contributed by atoms with Crippen molar-refractivity contribution in [3.63, 3.8) is 0 Å². The van der Waals surface area contributed by atoms with Crippen molar-refractivity contribution in [2.45, 2.75) is 26.8 Å². The fourth-order valence-electron chi connectivity index (χ4n) is 2.42. The molecule has 1 aromatic carbocycles. The van der Waals surface area contributed by atoms with Gasteiger partial charge < -0.3 is 14.6 Å². The number of nitrogens with zero attached hydrogens (tertiary/aromatic N) is 2. The Bertz CT molecular complexity index is 867. The van der Waals surface area contributed by atoms with E-state index in [4.69, 9.17) is 9.47 Å². The molecule has 1 fully saturated rings. The maximum absolute atomic E-state index is 12.6. The van der Waals surface area contributed by atoms with Gasteiger partial charge in [-0.05, 0) is 38.6 Å². The molecule has 2 rings (SSSR count). The Morgan fingerprint density at radius 2 is 2.04 bits per heavy atom. The van der Waals surface area contributed by atoms with Gasteiger partial charge in [0.05, 0.1) is 29.1 Å². The van der Waals surface area contributed by atoms with Gasteiger partial charge in [0.25, 0.3) is 16.8 Å². The number of carbonyl (C=O) groups excluding carboxylic acids is 3. The summed E-state index contributed by atoms with van der Waals surface area (Å²) in [7, 11) is 0. The summed E-state index contributed by atoms with van der Waals surface area (Å²) in [6.45, 7) is 4.84. The van der Waals surface area contributed by atoms with Crippen molar-refractivity contribution in [1.29, 1.82) is 0 Å². The third kappa shape index (κ3) is 4.25. The summed E-state index contributed by atoms with van der Waals surface area (Å²) in [5.74, 6) is -2.03. The van der Waals surface area contributed by atoms with E-state index in [0.717, 1.165) is 23.1 Å². The molecule has 11 heteroatoms. The molecule has 0 bridgehead atoms. The zero-order valence-corrected chi connectivity index (χ0v) is 16.1. The monoisotopic (exact) mass is 410 g/mol. The second-order valence-electron chi connectivity index (χ2n) is 5.55. The van der Waals surface area contributed by atoms with Crippen LogP contribution in [0.3, 0.4) is 0 Å². The molecule has 28 heavy (non-hydrogen) atoms. The number of hydrogen-bond donors (Lipinski definition) is 1. The maximum atomic E-state index is 12.6. The molecule has 1 heterocycles. The lowest BCUT2D eigenvalue weighted by Gasteiger charge is -2.19.